The zero-order chi connectivity index (χ0) is 10.7. The number of carbonyl (C=O) groups excluding carboxylic acids is 2. The van der Waals surface area contributed by atoms with Gasteiger partial charge in [-0.1, -0.05) is 6.07 Å². The number of carbonyl (C=O) groups is 2. The van der Waals surface area contributed by atoms with Crippen molar-refractivity contribution in [2.24, 2.45) is 0 Å². The van der Waals surface area contributed by atoms with Gasteiger partial charge in [0.25, 0.3) is 0 Å². The Morgan fingerprint density at radius 3 is 1.86 bits per heavy atom. The van der Waals surface area contributed by atoms with Crippen LogP contribution < -0.4 is 4.74 Å². The van der Waals surface area contributed by atoms with E-state index in [4.69, 9.17) is 4.74 Å². The second kappa shape index (κ2) is 4.70. The average Bonchev–Trinajstić information content (AvgIpc) is 2.16. The molecule has 3 nitrogen and oxygen atoms in total. The van der Waals surface area contributed by atoms with Gasteiger partial charge in [-0.25, -0.2) is 0 Å². The first-order valence-electron chi connectivity index (χ1n) is 3.64. The lowest BCUT2D eigenvalue weighted by Gasteiger charge is -2.07. The molecule has 74 valence electrons. The Labute approximate surface area is 97.7 Å². The summed E-state index contributed by atoms with van der Waals surface area (Å²) in [5, 5.41) is 0. The van der Waals surface area contributed by atoms with Crippen molar-refractivity contribution >= 4 is 41.2 Å². The van der Waals surface area contributed by atoms with Crippen molar-refractivity contribution in [3.63, 3.8) is 0 Å². The molecule has 0 amide bonds. The molecule has 0 bridgehead atoms. The zero-order valence-electron chi connectivity index (χ0n) is 7.21. The average molecular weight is 322 g/mol. The lowest BCUT2D eigenvalue weighted by molar-refractivity contribution is 0.109. The normalized spacial score (nSPS) is 9.64. The molecule has 0 atom stereocenters. The van der Waals surface area contributed by atoms with E-state index in [0.717, 1.165) is 0 Å². The zero-order valence-corrected chi connectivity index (χ0v) is 10.4. The third kappa shape index (κ3) is 2.22. The topological polar surface area (TPSA) is 43.4 Å². The number of hydrogen-bond donors (Lipinski definition) is 0. The Hall–Kier alpha value is -0.680. The summed E-state index contributed by atoms with van der Waals surface area (Å²) in [6, 6.07) is 4.77. The maximum Gasteiger partial charge on any atom is 0.231 e. The fraction of sp³-hybridized carbons (Fsp3) is 0.111. The van der Waals surface area contributed by atoms with Crippen molar-refractivity contribution in [1.82, 2.24) is 0 Å². The number of ether oxygens (including phenoxy) is 1. The summed E-state index contributed by atoms with van der Waals surface area (Å²) in [4.78, 5) is 22.2. The predicted octanol–water partition coefficient (Wildman–Crippen LogP) is 2.77. The summed E-state index contributed by atoms with van der Waals surface area (Å²) in [6.07, 6.45) is 0. The van der Waals surface area contributed by atoms with Crippen LogP contribution in [0.4, 0.5) is 0 Å². The minimum absolute atomic E-state index is 0.274. The highest BCUT2D eigenvalue weighted by Gasteiger charge is 2.16. The van der Waals surface area contributed by atoms with E-state index in [0.29, 0.717) is 11.1 Å². The molecule has 0 fully saturated rings. The molecule has 0 radical (unpaired) electrons. The highest BCUT2D eigenvalue weighted by atomic mass is 79.9. The summed E-state index contributed by atoms with van der Waals surface area (Å²) < 4.78 is 4.37. The molecule has 1 aromatic carbocycles. The molecular weight excluding hydrogens is 316 g/mol. The van der Waals surface area contributed by atoms with E-state index in [1.807, 2.05) is 0 Å². The van der Waals surface area contributed by atoms with Crippen LogP contribution in [0.5, 0.6) is 5.75 Å². The van der Waals surface area contributed by atoms with Gasteiger partial charge in [-0.05, 0) is 44.0 Å². The van der Waals surface area contributed by atoms with Crippen molar-refractivity contribution in [1.29, 1.82) is 0 Å². The molecule has 0 N–H and O–H groups in total. The van der Waals surface area contributed by atoms with Gasteiger partial charge in [0.15, 0.2) is 0 Å². The third-order valence-corrected chi connectivity index (χ3v) is 2.50. The molecule has 0 saturated carbocycles. The minimum atomic E-state index is -0.315. The fourth-order valence-electron chi connectivity index (χ4n) is 1.07. The summed E-state index contributed by atoms with van der Waals surface area (Å²) in [7, 11) is 1.41. The van der Waals surface area contributed by atoms with Crippen LogP contribution in [-0.2, 0) is 0 Å². The van der Waals surface area contributed by atoms with Crippen molar-refractivity contribution in [3.05, 3.63) is 29.3 Å². The van der Waals surface area contributed by atoms with Gasteiger partial charge in [0.1, 0.15) is 5.75 Å². The van der Waals surface area contributed by atoms with Gasteiger partial charge in [-0.2, -0.15) is 0 Å². The number of halogens is 2. The lowest BCUT2D eigenvalue weighted by atomic mass is 10.1. The molecule has 5 heteroatoms. The highest BCUT2D eigenvalue weighted by Crippen LogP contribution is 2.27. The second-order valence-corrected chi connectivity index (χ2v) is 3.87. The monoisotopic (exact) mass is 320 g/mol. The molecule has 0 saturated heterocycles. The van der Waals surface area contributed by atoms with E-state index in [1.165, 1.54) is 7.11 Å². The number of hydrogen-bond acceptors (Lipinski definition) is 3. The number of methoxy groups -OCH3 is 1. The van der Waals surface area contributed by atoms with Gasteiger partial charge in [-0.15, -0.1) is 0 Å². The Morgan fingerprint density at radius 2 is 1.57 bits per heavy atom. The highest BCUT2D eigenvalue weighted by molar-refractivity contribution is 9.18. The number of rotatable bonds is 3. The summed E-state index contributed by atoms with van der Waals surface area (Å²) in [6.45, 7) is 0. The molecule has 0 aromatic heterocycles. The molecule has 14 heavy (non-hydrogen) atoms. The number of benzene rings is 1. The largest absolute Gasteiger partial charge is 0.495 e. The molecule has 0 aliphatic heterocycles. The third-order valence-electron chi connectivity index (χ3n) is 1.64. The van der Waals surface area contributed by atoms with Crippen LogP contribution in [0.25, 0.3) is 0 Å². The van der Waals surface area contributed by atoms with Gasteiger partial charge >= 0.3 is 0 Å². The molecule has 1 rings (SSSR count). The van der Waals surface area contributed by atoms with Crippen molar-refractivity contribution in [2.75, 3.05) is 7.11 Å². The number of para-hydroxylation sites is 1. The van der Waals surface area contributed by atoms with Gasteiger partial charge < -0.3 is 4.74 Å². The summed E-state index contributed by atoms with van der Waals surface area (Å²) in [5.74, 6) is 0.274. The smallest absolute Gasteiger partial charge is 0.231 e. The Bertz CT molecular complexity index is 355. The lowest BCUT2D eigenvalue weighted by Crippen LogP contribution is -2.01. The molecule has 0 heterocycles. The van der Waals surface area contributed by atoms with E-state index in [2.05, 4.69) is 31.9 Å². The molecule has 0 aliphatic carbocycles. The molecule has 0 unspecified atom stereocenters. The van der Waals surface area contributed by atoms with E-state index in [9.17, 15) is 9.59 Å². The van der Waals surface area contributed by atoms with Crippen molar-refractivity contribution in [3.8, 4) is 5.75 Å². The van der Waals surface area contributed by atoms with E-state index >= 15 is 0 Å². The first-order chi connectivity index (χ1) is 6.57. The van der Waals surface area contributed by atoms with Crippen molar-refractivity contribution < 1.29 is 14.3 Å². The van der Waals surface area contributed by atoms with Crippen LogP contribution >= 0.6 is 31.9 Å². The van der Waals surface area contributed by atoms with Crippen LogP contribution in [0.15, 0.2) is 18.2 Å². The van der Waals surface area contributed by atoms with Crippen LogP contribution in [0, 0.1) is 0 Å². The van der Waals surface area contributed by atoms with E-state index in [-0.39, 0.29) is 15.1 Å². The van der Waals surface area contributed by atoms with Gasteiger partial charge in [0, 0.05) is 0 Å². The van der Waals surface area contributed by atoms with Gasteiger partial charge in [0.05, 0.1) is 18.2 Å². The molecule has 0 spiro atoms. The maximum absolute atomic E-state index is 11.1. The predicted molar refractivity (Wildman–Crippen MR) is 59.5 cm³/mol. The maximum atomic E-state index is 11.1. The minimum Gasteiger partial charge on any atom is -0.495 e. The van der Waals surface area contributed by atoms with E-state index in [1.54, 1.807) is 18.2 Å². The Morgan fingerprint density at radius 1 is 1.14 bits per heavy atom. The first kappa shape index (κ1) is 11.4. The molecular formula is C9H6Br2O3. The molecule has 0 aliphatic rings. The van der Waals surface area contributed by atoms with Crippen LogP contribution in [0.3, 0.4) is 0 Å². The Kier molecular flexibility index (Phi) is 3.83. The first-order valence-corrected chi connectivity index (χ1v) is 5.23. The summed E-state index contributed by atoms with van der Waals surface area (Å²) in [5.41, 5.74) is 0.663. The Balaban J connectivity index is 3.39. The SMILES string of the molecule is COc1c(C(=O)Br)cccc1C(=O)Br. The standard InChI is InChI=1S/C9H6Br2O3/c1-14-7-5(8(10)12)3-2-4-6(7)9(11)13/h2-4H,1H3. The van der Waals surface area contributed by atoms with Gasteiger partial charge in [-0.3, -0.25) is 9.59 Å². The van der Waals surface area contributed by atoms with Crippen LogP contribution in [-0.4, -0.2) is 16.5 Å². The van der Waals surface area contributed by atoms with Crippen molar-refractivity contribution in [2.45, 2.75) is 0 Å². The quantitative estimate of drug-likeness (QED) is 0.804. The van der Waals surface area contributed by atoms with Gasteiger partial charge in [0.2, 0.25) is 9.39 Å². The van der Waals surface area contributed by atoms with Crippen LogP contribution in [0.2, 0.25) is 0 Å². The van der Waals surface area contributed by atoms with E-state index < -0.39 is 0 Å². The summed E-state index contributed by atoms with van der Waals surface area (Å²) >= 11 is 5.62. The molecule has 1 aromatic rings. The second-order valence-electron chi connectivity index (χ2n) is 2.43. The fourth-order valence-corrected chi connectivity index (χ4v) is 1.69. The van der Waals surface area contributed by atoms with Crippen LogP contribution in [0.1, 0.15) is 20.7 Å².